The van der Waals surface area contributed by atoms with Crippen molar-refractivity contribution >= 4 is 28.8 Å². The molecule has 0 spiro atoms. The molecule has 0 saturated heterocycles. The highest BCUT2D eigenvalue weighted by atomic mass is 32.2. The largest absolute Gasteiger partial charge is 0.493 e. The van der Waals surface area contributed by atoms with Crippen LogP contribution in [0.4, 0.5) is 0 Å². The van der Waals surface area contributed by atoms with E-state index in [9.17, 15) is 9.59 Å². The Labute approximate surface area is 186 Å². The van der Waals surface area contributed by atoms with Gasteiger partial charge in [-0.15, -0.1) is 0 Å². The Morgan fingerprint density at radius 2 is 1.90 bits per heavy atom. The fraction of sp³-hybridized carbons (Fsp3) is 0.409. The van der Waals surface area contributed by atoms with Gasteiger partial charge < -0.3 is 24.4 Å². The molecule has 2 heterocycles. The number of fused-ring (bicyclic) bond motifs is 1. The van der Waals surface area contributed by atoms with Crippen LogP contribution in [0.15, 0.2) is 45.6 Å². The Bertz CT molecular complexity index is 983. The second-order valence-corrected chi connectivity index (χ2v) is 8.23. The average molecular weight is 446 g/mol. The van der Waals surface area contributed by atoms with Gasteiger partial charge in [0.15, 0.2) is 16.7 Å². The van der Waals surface area contributed by atoms with Crippen LogP contribution in [0.1, 0.15) is 38.8 Å². The van der Waals surface area contributed by atoms with E-state index in [4.69, 9.17) is 14.2 Å². The van der Waals surface area contributed by atoms with Gasteiger partial charge in [0.2, 0.25) is 5.91 Å². The summed E-state index contributed by atoms with van der Waals surface area (Å²) >= 11 is 1.43. The van der Waals surface area contributed by atoms with E-state index in [-0.39, 0.29) is 18.4 Å². The number of nitrogens with one attached hydrogen (secondary N) is 1. The normalized spacial score (nSPS) is 17.8. The minimum atomic E-state index is -0.521. The lowest BCUT2D eigenvalue weighted by atomic mass is 9.93. The first kappa shape index (κ1) is 22.7. The molecule has 9 heteroatoms. The van der Waals surface area contributed by atoms with E-state index in [2.05, 4.69) is 10.3 Å². The summed E-state index contributed by atoms with van der Waals surface area (Å²) in [7, 11) is 4.47. The third-order valence-electron chi connectivity index (χ3n) is 4.92. The van der Waals surface area contributed by atoms with E-state index >= 15 is 0 Å². The quantitative estimate of drug-likeness (QED) is 0.644. The number of thioether (sulfide) groups is 1. The van der Waals surface area contributed by atoms with E-state index in [1.807, 2.05) is 36.3 Å². The van der Waals surface area contributed by atoms with Gasteiger partial charge in [-0.3, -0.25) is 4.79 Å². The number of benzene rings is 1. The number of aliphatic imine (C=N–C) groups is 1. The summed E-state index contributed by atoms with van der Waals surface area (Å²) < 4.78 is 15.9. The zero-order chi connectivity index (χ0) is 22.7. The second kappa shape index (κ2) is 9.47. The molecule has 2 aliphatic heterocycles. The van der Waals surface area contributed by atoms with Crippen molar-refractivity contribution in [3.63, 3.8) is 0 Å². The van der Waals surface area contributed by atoms with Crippen molar-refractivity contribution in [2.75, 3.05) is 21.3 Å². The van der Waals surface area contributed by atoms with Gasteiger partial charge in [-0.05, 0) is 43.9 Å². The van der Waals surface area contributed by atoms with Gasteiger partial charge in [-0.25, -0.2) is 9.79 Å². The van der Waals surface area contributed by atoms with Crippen LogP contribution >= 0.6 is 11.8 Å². The monoisotopic (exact) mass is 445 g/mol. The molecule has 1 unspecified atom stereocenters. The van der Waals surface area contributed by atoms with Gasteiger partial charge in [0, 0.05) is 11.7 Å². The van der Waals surface area contributed by atoms with E-state index in [0.29, 0.717) is 27.9 Å². The van der Waals surface area contributed by atoms with Gasteiger partial charge in [0.25, 0.3) is 0 Å². The lowest BCUT2D eigenvalue weighted by Crippen LogP contribution is -2.38. The maximum Gasteiger partial charge on any atom is 0.338 e. The number of amidine groups is 1. The number of esters is 1. The van der Waals surface area contributed by atoms with Gasteiger partial charge in [-0.1, -0.05) is 17.8 Å². The summed E-state index contributed by atoms with van der Waals surface area (Å²) in [5.74, 6) is 0.558. The third kappa shape index (κ3) is 4.56. The van der Waals surface area contributed by atoms with Crippen LogP contribution in [-0.2, 0) is 14.3 Å². The highest BCUT2D eigenvalue weighted by Gasteiger charge is 2.41. The molecule has 1 atom stereocenters. The Morgan fingerprint density at radius 3 is 2.52 bits per heavy atom. The maximum absolute atomic E-state index is 12.8. The Kier molecular flexibility index (Phi) is 6.94. The molecule has 2 aliphatic rings. The van der Waals surface area contributed by atoms with Crippen LogP contribution < -0.4 is 14.8 Å². The number of rotatable bonds is 7. The summed E-state index contributed by atoms with van der Waals surface area (Å²) in [5, 5.41) is 5.52. The topological polar surface area (TPSA) is 89.5 Å². The molecule has 0 aromatic heterocycles. The molecular weight excluding hydrogens is 418 g/mol. The van der Waals surface area contributed by atoms with Crippen molar-refractivity contribution in [3.8, 4) is 11.5 Å². The smallest absolute Gasteiger partial charge is 0.338 e. The lowest BCUT2D eigenvalue weighted by molar-refractivity contribution is -0.136. The number of methoxy groups -OCH3 is 3. The molecule has 0 saturated carbocycles. The van der Waals surface area contributed by atoms with Gasteiger partial charge in [0.05, 0.1) is 45.1 Å². The maximum atomic E-state index is 12.8. The summed E-state index contributed by atoms with van der Waals surface area (Å²) in [4.78, 5) is 31.8. The Hall–Kier alpha value is -2.94. The summed E-state index contributed by atoms with van der Waals surface area (Å²) in [6.07, 6.45) is 0.168. The van der Waals surface area contributed by atoms with Crippen molar-refractivity contribution in [3.05, 3.63) is 46.1 Å². The molecule has 0 bridgehead atoms. The first-order valence-electron chi connectivity index (χ1n) is 9.84. The zero-order valence-corrected chi connectivity index (χ0v) is 19.3. The zero-order valence-electron chi connectivity index (χ0n) is 18.5. The van der Waals surface area contributed by atoms with Crippen LogP contribution in [0.2, 0.25) is 0 Å². The number of carbonyl (C=O) groups is 2. The van der Waals surface area contributed by atoms with Crippen molar-refractivity contribution in [2.24, 2.45) is 4.99 Å². The minimum Gasteiger partial charge on any atom is -0.493 e. The van der Waals surface area contributed by atoms with Crippen LogP contribution in [0.3, 0.4) is 0 Å². The molecule has 0 aliphatic carbocycles. The molecule has 1 aromatic rings. The number of allylic oxidation sites excluding steroid dienone is 1. The molecule has 1 N–H and O–H groups in total. The fourth-order valence-corrected chi connectivity index (χ4v) is 4.58. The number of hydrogen-bond donors (Lipinski definition) is 1. The molecule has 0 radical (unpaired) electrons. The molecule has 1 aromatic carbocycles. The molecule has 1 amide bonds. The number of nitrogens with zero attached hydrogens (tertiary/aromatic N) is 2. The summed E-state index contributed by atoms with van der Waals surface area (Å²) in [6.45, 7) is 5.61. The van der Waals surface area contributed by atoms with Crippen molar-refractivity contribution in [2.45, 2.75) is 39.3 Å². The van der Waals surface area contributed by atoms with Crippen molar-refractivity contribution in [1.82, 2.24) is 10.2 Å². The van der Waals surface area contributed by atoms with E-state index < -0.39 is 12.0 Å². The summed E-state index contributed by atoms with van der Waals surface area (Å²) in [5.41, 5.74) is 2.54. The number of carbonyl (C=O) groups excluding carboxylic acids is 2. The number of ether oxygens (including phenoxy) is 3. The number of hydrogen-bond acceptors (Lipinski definition) is 8. The van der Waals surface area contributed by atoms with E-state index in [1.54, 1.807) is 27.2 Å². The molecule has 8 nitrogen and oxygen atoms in total. The lowest BCUT2D eigenvalue weighted by Gasteiger charge is -2.36. The predicted molar refractivity (Wildman–Crippen MR) is 120 cm³/mol. The Morgan fingerprint density at radius 1 is 1.19 bits per heavy atom. The van der Waals surface area contributed by atoms with Crippen molar-refractivity contribution in [1.29, 1.82) is 0 Å². The second-order valence-electron chi connectivity index (χ2n) is 7.40. The summed E-state index contributed by atoms with van der Waals surface area (Å²) in [6, 6.07) is 5.01. The molecule has 3 rings (SSSR count). The van der Waals surface area contributed by atoms with Crippen LogP contribution in [0.25, 0.3) is 0 Å². The first-order chi connectivity index (χ1) is 14.8. The van der Waals surface area contributed by atoms with Crippen molar-refractivity contribution < 1.29 is 23.8 Å². The van der Waals surface area contributed by atoms with Crippen LogP contribution in [0, 0.1) is 0 Å². The SMILES string of the molecule is COC(=O)C1=C(C)N=C2SC=C(CC(=O)NC(C)C)N2C1c1ccc(OC)c(OC)c1. The molecule has 166 valence electrons. The number of amides is 1. The molecule has 0 fully saturated rings. The third-order valence-corrected chi connectivity index (χ3v) is 5.81. The first-order valence-corrected chi connectivity index (χ1v) is 10.7. The highest BCUT2D eigenvalue weighted by Crippen LogP contribution is 2.46. The van der Waals surface area contributed by atoms with Crippen LogP contribution in [-0.4, -0.2) is 49.3 Å². The van der Waals surface area contributed by atoms with Gasteiger partial charge in [0.1, 0.15) is 0 Å². The highest BCUT2D eigenvalue weighted by molar-refractivity contribution is 8.16. The van der Waals surface area contributed by atoms with Gasteiger partial charge >= 0.3 is 5.97 Å². The standard InChI is InChI=1S/C22H27N3O5S/c1-12(2)23-18(26)10-15-11-31-22-24-13(3)19(21(27)30-6)20(25(15)22)14-7-8-16(28-4)17(9-14)29-5/h7-9,11-12,20H,10H2,1-6H3,(H,23,26). The van der Waals surface area contributed by atoms with E-state index in [0.717, 1.165) is 11.3 Å². The Balaban J connectivity index is 2.08. The molecular formula is C22H27N3O5S. The van der Waals surface area contributed by atoms with Crippen LogP contribution in [0.5, 0.6) is 11.5 Å². The fourth-order valence-electron chi connectivity index (χ4n) is 3.62. The minimum absolute atomic E-state index is 0.0334. The van der Waals surface area contributed by atoms with E-state index in [1.165, 1.54) is 18.9 Å². The molecule has 31 heavy (non-hydrogen) atoms. The average Bonchev–Trinajstić information content (AvgIpc) is 3.12. The predicted octanol–water partition coefficient (Wildman–Crippen LogP) is 3.37. The van der Waals surface area contributed by atoms with Gasteiger partial charge in [-0.2, -0.15) is 0 Å².